The Bertz CT molecular complexity index is 372. The first-order valence-electron chi connectivity index (χ1n) is 5.38. The number of alkyl halides is 1. The Balaban J connectivity index is 2.10. The second-order valence-corrected chi connectivity index (χ2v) is 4.99. The molecule has 1 heterocycles. The molecule has 0 aliphatic carbocycles. The van der Waals surface area contributed by atoms with E-state index in [1.807, 2.05) is 18.2 Å². The van der Waals surface area contributed by atoms with Gasteiger partial charge in [-0.2, -0.15) is 0 Å². The summed E-state index contributed by atoms with van der Waals surface area (Å²) in [4.78, 5) is 2.12. The minimum atomic E-state index is -0.668. The topological polar surface area (TPSA) is 12.5 Å². The van der Waals surface area contributed by atoms with Crippen LogP contribution in [0.15, 0.2) is 22.7 Å². The molecule has 1 atom stereocenters. The van der Waals surface area contributed by atoms with Gasteiger partial charge >= 0.3 is 0 Å². The van der Waals surface area contributed by atoms with Gasteiger partial charge in [0.05, 0.1) is 7.11 Å². The lowest BCUT2D eigenvalue weighted by atomic mass is 10.2. The van der Waals surface area contributed by atoms with Crippen molar-refractivity contribution in [3.63, 3.8) is 0 Å². The van der Waals surface area contributed by atoms with Gasteiger partial charge in [-0.05, 0) is 24.6 Å². The number of hydrogen-bond donors (Lipinski definition) is 0. The lowest BCUT2D eigenvalue weighted by molar-refractivity contribution is 0.278. The summed E-state index contributed by atoms with van der Waals surface area (Å²) >= 11 is 3.44. The molecule has 2 rings (SSSR count). The Morgan fingerprint density at radius 3 is 3.00 bits per heavy atom. The average molecular weight is 288 g/mol. The van der Waals surface area contributed by atoms with Crippen LogP contribution in [-0.4, -0.2) is 31.3 Å². The highest BCUT2D eigenvalue weighted by atomic mass is 79.9. The standard InChI is InChI=1S/C12H15BrFNO/c1-16-12-3-2-10(13)6-9(12)7-15-5-4-11(14)8-15/h2-3,6,11H,4-5,7-8H2,1H3/t11-/m1/s1. The lowest BCUT2D eigenvalue weighted by Gasteiger charge is -2.17. The molecular weight excluding hydrogens is 273 g/mol. The van der Waals surface area contributed by atoms with Gasteiger partial charge in [-0.1, -0.05) is 15.9 Å². The van der Waals surface area contributed by atoms with Crippen LogP contribution in [0, 0.1) is 0 Å². The predicted molar refractivity (Wildman–Crippen MR) is 65.5 cm³/mol. The van der Waals surface area contributed by atoms with Crippen molar-refractivity contribution in [3.05, 3.63) is 28.2 Å². The first kappa shape index (κ1) is 11.9. The van der Waals surface area contributed by atoms with Crippen LogP contribution in [0.3, 0.4) is 0 Å². The third-order valence-corrected chi connectivity index (χ3v) is 3.34. The monoisotopic (exact) mass is 287 g/mol. The molecule has 1 fully saturated rings. The molecule has 0 aromatic heterocycles. The van der Waals surface area contributed by atoms with Crippen LogP contribution in [0.5, 0.6) is 5.75 Å². The van der Waals surface area contributed by atoms with E-state index in [1.165, 1.54) is 0 Å². The van der Waals surface area contributed by atoms with Crippen LogP contribution < -0.4 is 4.74 Å². The van der Waals surface area contributed by atoms with Gasteiger partial charge in [-0.25, -0.2) is 4.39 Å². The fourth-order valence-corrected chi connectivity index (χ4v) is 2.45. The highest BCUT2D eigenvalue weighted by Gasteiger charge is 2.22. The predicted octanol–water partition coefficient (Wildman–Crippen LogP) is 3.00. The number of likely N-dealkylation sites (tertiary alicyclic amines) is 1. The van der Waals surface area contributed by atoms with E-state index < -0.39 is 6.17 Å². The Morgan fingerprint density at radius 1 is 1.56 bits per heavy atom. The summed E-state index contributed by atoms with van der Waals surface area (Å²) in [6.07, 6.45) is -0.0193. The Labute approximate surface area is 104 Å². The summed E-state index contributed by atoms with van der Waals surface area (Å²) in [5.41, 5.74) is 1.10. The molecule has 0 N–H and O–H groups in total. The molecule has 0 radical (unpaired) electrons. The van der Waals surface area contributed by atoms with Crippen molar-refractivity contribution in [2.75, 3.05) is 20.2 Å². The molecule has 1 aliphatic heterocycles. The van der Waals surface area contributed by atoms with Crippen LogP contribution in [0.4, 0.5) is 4.39 Å². The minimum Gasteiger partial charge on any atom is -0.496 e. The Hall–Kier alpha value is -0.610. The Morgan fingerprint density at radius 2 is 2.38 bits per heavy atom. The molecule has 0 unspecified atom stereocenters. The largest absolute Gasteiger partial charge is 0.496 e. The number of hydrogen-bond acceptors (Lipinski definition) is 2. The summed E-state index contributed by atoms with van der Waals surface area (Å²) in [6.45, 7) is 2.12. The van der Waals surface area contributed by atoms with Crippen LogP contribution in [0.25, 0.3) is 0 Å². The van der Waals surface area contributed by atoms with Gasteiger partial charge < -0.3 is 4.74 Å². The quantitative estimate of drug-likeness (QED) is 0.847. The summed E-state index contributed by atoms with van der Waals surface area (Å²) in [6, 6.07) is 5.91. The number of halogens is 2. The zero-order valence-corrected chi connectivity index (χ0v) is 10.8. The second kappa shape index (κ2) is 5.15. The highest BCUT2D eigenvalue weighted by molar-refractivity contribution is 9.10. The normalized spacial score (nSPS) is 21.3. The van der Waals surface area contributed by atoms with E-state index in [0.717, 1.165) is 28.9 Å². The average Bonchev–Trinajstić information content (AvgIpc) is 2.64. The summed E-state index contributed by atoms with van der Waals surface area (Å²) < 4.78 is 19.4. The lowest BCUT2D eigenvalue weighted by Crippen LogP contribution is -2.20. The molecule has 16 heavy (non-hydrogen) atoms. The molecule has 1 saturated heterocycles. The molecule has 4 heteroatoms. The maximum atomic E-state index is 13.1. The minimum absolute atomic E-state index is 0.537. The molecule has 0 bridgehead atoms. The van der Waals surface area contributed by atoms with E-state index in [4.69, 9.17) is 4.74 Å². The molecular formula is C12H15BrFNO. The molecule has 0 saturated carbocycles. The van der Waals surface area contributed by atoms with E-state index in [1.54, 1.807) is 7.11 Å². The SMILES string of the molecule is COc1ccc(Br)cc1CN1CC[C@@H](F)C1. The third-order valence-electron chi connectivity index (χ3n) is 2.85. The van der Waals surface area contributed by atoms with Gasteiger partial charge in [0.15, 0.2) is 0 Å². The van der Waals surface area contributed by atoms with Crippen molar-refractivity contribution in [2.45, 2.75) is 19.1 Å². The molecule has 88 valence electrons. The van der Waals surface area contributed by atoms with E-state index in [-0.39, 0.29) is 0 Å². The van der Waals surface area contributed by atoms with Crippen molar-refractivity contribution in [3.8, 4) is 5.75 Å². The van der Waals surface area contributed by atoms with Crippen LogP contribution in [0.1, 0.15) is 12.0 Å². The van der Waals surface area contributed by atoms with Crippen molar-refractivity contribution in [2.24, 2.45) is 0 Å². The fraction of sp³-hybridized carbons (Fsp3) is 0.500. The first-order chi connectivity index (χ1) is 7.69. The van der Waals surface area contributed by atoms with Crippen molar-refractivity contribution >= 4 is 15.9 Å². The number of ether oxygens (including phenoxy) is 1. The second-order valence-electron chi connectivity index (χ2n) is 4.08. The van der Waals surface area contributed by atoms with Gasteiger partial charge in [-0.3, -0.25) is 4.90 Å². The number of rotatable bonds is 3. The smallest absolute Gasteiger partial charge is 0.123 e. The zero-order chi connectivity index (χ0) is 11.5. The Kier molecular flexibility index (Phi) is 3.82. The summed E-state index contributed by atoms with van der Waals surface area (Å²) in [5, 5.41) is 0. The van der Waals surface area contributed by atoms with Gasteiger partial charge in [-0.15, -0.1) is 0 Å². The third kappa shape index (κ3) is 2.74. The molecule has 0 amide bonds. The van der Waals surface area contributed by atoms with Crippen molar-refractivity contribution < 1.29 is 9.13 Å². The van der Waals surface area contributed by atoms with Crippen LogP contribution >= 0.6 is 15.9 Å². The van der Waals surface area contributed by atoms with Crippen LogP contribution in [-0.2, 0) is 6.54 Å². The first-order valence-corrected chi connectivity index (χ1v) is 6.17. The maximum absolute atomic E-state index is 13.1. The molecule has 1 aromatic carbocycles. The number of nitrogens with zero attached hydrogens (tertiary/aromatic N) is 1. The van der Waals surface area contributed by atoms with E-state index in [2.05, 4.69) is 20.8 Å². The number of benzene rings is 1. The zero-order valence-electron chi connectivity index (χ0n) is 9.25. The van der Waals surface area contributed by atoms with E-state index >= 15 is 0 Å². The summed E-state index contributed by atoms with van der Waals surface area (Å²) in [5.74, 6) is 0.866. The maximum Gasteiger partial charge on any atom is 0.123 e. The van der Waals surface area contributed by atoms with Gasteiger partial charge in [0, 0.05) is 29.7 Å². The van der Waals surface area contributed by atoms with Crippen LogP contribution in [0.2, 0.25) is 0 Å². The molecule has 2 nitrogen and oxygen atoms in total. The van der Waals surface area contributed by atoms with Gasteiger partial charge in [0.1, 0.15) is 11.9 Å². The fourth-order valence-electron chi connectivity index (χ4n) is 2.04. The highest BCUT2D eigenvalue weighted by Crippen LogP contribution is 2.26. The van der Waals surface area contributed by atoms with E-state index in [9.17, 15) is 4.39 Å². The van der Waals surface area contributed by atoms with Crippen molar-refractivity contribution in [1.82, 2.24) is 4.90 Å². The molecule has 1 aliphatic rings. The molecule has 0 spiro atoms. The number of methoxy groups -OCH3 is 1. The molecule has 1 aromatic rings. The van der Waals surface area contributed by atoms with Crippen molar-refractivity contribution in [1.29, 1.82) is 0 Å². The van der Waals surface area contributed by atoms with E-state index in [0.29, 0.717) is 13.0 Å². The van der Waals surface area contributed by atoms with Gasteiger partial charge in [0.2, 0.25) is 0 Å². The van der Waals surface area contributed by atoms with Gasteiger partial charge in [0.25, 0.3) is 0 Å². The summed E-state index contributed by atoms with van der Waals surface area (Å²) in [7, 11) is 1.66.